The van der Waals surface area contributed by atoms with Gasteiger partial charge in [0.2, 0.25) is 0 Å². The van der Waals surface area contributed by atoms with E-state index in [9.17, 15) is 0 Å². The molecule has 254 valence electrons. The third kappa shape index (κ3) is 3.86. The van der Waals surface area contributed by atoms with E-state index in [4.69, 9.17) is 14.4 Å². The van der Waals surface area contributed by atoms with Crippen LogP contribution in [0.4, 0.5) is 0 Å². The number of hydrogen-bond donors (Lipinski definition) is 0. The molecular formula is C50H28N4O. The fourth-order valence-corrected chi connectivity index (χ4v) is 9.23. The van der Waals surface area contributed by atoms with E-state index in [0.29, 0.717) is 11.4 Å². The summed E-state index contributed by atoms with van der Waals surface area (Å²) in [6, 6.07) is 60.6. The molecule has 0 amide bonds. The summed E-state index contributed by atoms with van der Waals surface area (Å²) >= 11 is 0. The first-order valence-corrected chi connectivity index (χ1v) is 18.7. The van der Waals surface area contributed by atoms with Gasteiger partial charge in [0.25, 0.3) is 0 Å². The van der Waals surface area contributed by atoms with Crippen molar-refractivity contribution in [2.45, 2.75) is 0 Å². The van der Waals surface area contributed by atoms with Crippen LogP contribution in [-0.2, 0) is 0 Å². The second kappa shape index (κ2) is 10.6. The van der Waals surface area contributed by atoms with Crippen molar-refractivity contribution in [2.24, 2.45) is 0 Å². The number of fused-ring (bicyclic) bond motifs is 14. The van der Waals surface area contributed by atoms with Gasteiger partial charge in [-0.05, 0) is 77.5 Å². The van der Waals surface area contributed by atoms with Crippen molar-refractivity contribution >= 4 is 92.7 Å². The van der Waals surface area contributed by atoms with Crippen molar-refractivity contribution in [3.63, 3.8) is 0 Å². The summed E-state index contributed by atoms with van der Waals surface area (Å²) in [5, 5.41) is 11.0. The van der Waals surface area contributed by atoms with E-state index in [1.165, 1.54) is 70.7 Å². The van der Waals surface area contributed by atoms with E-state index in [1.54, 1.807) is 0 Å². The molecule has 8 aromatic carbocycles. The predicted octanol–water partition coefficient (Wildman–Crippen LogP) is 13.1. The zero-order valence-electron chi connectivity index (χ0n) is 29.4. The normalized spacial score (nSPS) is 12.4. The highest BCUT2D eigenvalue weighted by molar-refractivity contribution is 6.34. The lowest BCUT2D eigenvalue weighted by atomic mass is 10.0. The molecule has 5 aromatic heterocycles. The van der Waals surface area contributed by atoms with Gasteiger partial charge in [0, 0.05) is 54.5 Å². The van der Waals surface area contributed by atoms with Crippen LogP contribution >= 0.6 is 0 Å². The van der Waals surface area contributed by atoms with Crippen molar-refractivity contribution in [3.8, 4) is 28.3 Å². The average molecular weight is 701 g/mol. The number of benzene rings is 8. The minimum absolute atomic E-state index is 0.663. The molecule has 13 rings (SSSR count). The fraction of sp³-hybridized carbons (Fsp3) is 0. The fourth-order valence-electron chi connectivity index (χ4n) is 9.23. The molecule has 55 heavy (non-hydrogen) atoms. The standard InChI is InChI=1S/C50H28N4O/c1-2-12-29(13-3-1)45-49-46(36-18-8-11-21-43(36)55-49)52-50(51-45)30-22-24-33(25-23-30)53-42-27-32-15-5-4-14-31(32)26-37(42)39-28-38-34-16-6-9-19-40(34)54-41-20-10-7-17-35(41)44(47(39)53)48(38)54/h1-28H. The Bertz CT molecular complexity index is 3700. The van der Waals surface area contributed by atoms with Gasteiger partial charge in [0.1, 0.15) is 16.8 Å². The van der Waals surface area contributed by atoms with Gasteiger partial charge in [-0.3, -0.25) is 0 Å². The van der Waals surface area contributed by atoms with Gasteiger partial charge >= 0.3 is 0 Å². The molecule has 0 saturated carbocycles. The lowest BCUT2D eigenvalue weighted by molar-refractivity contribution is 0.667. The Hall–Kier alpha value is -7.50. The highest BCUT2D eigenvalue weighted by Crippen LogP contribution is 2.47. The van der Waals surface area contributed by atoms with Crippen molar-refractivity contribution in [2.75, 3.05) is 0 Å². The van der Waals surface area contributed by atoms with Gasteiger partial charge in [0.15, 0.2) is 11.4 Å². The zero-order chi connectivity index (χ0) is 35.8. The van der Waals surface area contributed by atoms with Gasteiger partial charge in [-0.2, -0.15) is 0 Å². The monoisotopic (exact) mass is 700 g/mol. The van der Waals surface area contributed by atoms with Crippen molar-refractivity contribution in [3.05, 3.63) is 170 Å². The number of para-hydroxylation sites is 3. The summed E-state index contributed by atoms with van der Waals surface area (Å²) in [5.41, 5.74) is 12.3. The van der Waals surface area contributed by atoms with Crippen molar-refractivity contribution < 1.29 is 4.42 Å². The third-order valence-electron chi connectivity index (χ3n) is 11.6. The van der Waals surface area contributed by atoms with Gasteiger partial charge in [-0.25, -0.2) is 9.97 Å². The van der Waals surface area contributed by atoms with E-state index in [-0.39, 0.29) is 0 Å². The van der Waals surface area contributed by atoms with Gasteiger partial charge < -0.3 is 13.4 Å². The number of nitrogens with zero attached hydrogens (tertiary/aromatic N) is 4. The van der Waals surface area contributed by atoms with Crippen LogP contribution in [0.3, 0.4) is 0 Å². The van der Waals surface area contributed by atoms with E-state index < -0.39 is 0 Å². The number of hydrogen-bond acceptors (Lipinski definition) is 3. The molecule has 0 aliphatic carbocycles. The van der Waals surface area contributed by atoms with Crippen LogP contribution in [0.2, 0.25) is 0 Å². The maximum Gasteiger partial charge on any atom is 0.180 e. The van der Waals surface area contributed by atoms with E-state index in [1.807, 2.05) is 36.4 Å². The van der Waals surface area contributed by atoms with Gasteiger partial charge in [-0.15, -0.1) is 0 Å². The molecule has 0 radical (unpaired) electrons. The molecule has 5 nitrogen and oxygen atoms in total. The molecule has 0 fully saturated rings. The molecule has 0 unspecified atom stereocenters. The van der Waals surface area contributed by atoms with Gasteiger partial charge in [-0.1, -0.05) is 103 Å². The molecule has 0 N–H and O–H groups in total. The second-order valence-corrected chi connectivity index (χ2v) is 14.6. The van der Waals surface area contributed by atoms with Crippen molar-refractivity contribution in [1.82, 2.24) is 18.9 Å². The molecule has 0 atom stereocenters. The van der Waals surface area contributed by atoms with Crippen LogP contribution < -0.4 is 0 Å². The number of rotatable bonds is 3. The summed E-state index contributed by atoms with van der Waals surface area (Å²) in [4.78, 5) is 10.3. The lowest BCUT2D eigenvalue weighted by Gasteiger charge is -2.11. The Kier molecular flexibility index (Phi) is 5.57. The Morgan fingerprint density at radius 2 is 1.09 bits per heavy atom. The summed E-state index contributed by atoms with van der Waals surface area (Å²) in [6.45, 7) is 0. The highest BCUT2D eigenvalue weighted by Gasteiger charge is 2.25. The Morgan fingerprint density at radius 1 is 0.436 bits per heavy atom. The van der Waals surface area contributed by atoms with E-state index >= 15 is 0 Å². The molecule has 0 bridgehead atoms. The summed E-state index contributed by atoms with van der Waals surface area (Å²) in [5.74, 6) is 0.663. The molecule has 0 aliphatic rings. The Balaban J connectivity index is 1.11. The SMILES string of the molecule is c1ccc(-c2nc(-c3ccc(-n4c5cc6ccccc6cc5c5cc6c7ccccc7n7c8ccccc8c(c54)c67)cc3)nc3c2oc2ccccc23)cc1. The summed E-state index contributed by atoms with van der Waals surface area (Å²) < 4.78 is 11.3. The first-order chi connectivity index (χ1) is 27.3. The van der Waals surface area contributed by atoms with Crippen molar-refractivity contribution in [1.29, 1.82) is 0 Å². The summed E-state index contributed by atoms with van der Waals surface area (Å²) in [7, 11) is 0. The zero-order valence-corrected chi connectivity index (χ0v) is 29.4. The third-order valence-corrected chi connectivity index (χ3v) is 11.6. The first kappa shape index (κ1) is 29.0. The van der Waals surface area contributed by atoms with Crippen LogP contribution in [0.1, 0.15) is 0 Å². The smallest absolute Gasteiger partial charge is 0.180 e. The maximum atomic E-state index is 6.38. The van der Waals surface area contributed by atoms with E-state index in [2.05, 4.69) is 142 Å². The molecule has 5 heterocycles. The minimum Gasteiger partial charge on any atom is -0.452 e. The van der Waals surface area contributed by atoms with Gasteiger partial charge in [0.05, 0.1) is 27.6 Å². The first-order valence-electron chi connectivity index (χ1n) is 18.7. The van der Waals surface area contributed by atoms with Crippen LogP contribution in [0.15, 0.2) is 174 Å². The van der Waals surface area contributed by atoms with Crippen LogP contribution in [0, 0.1) is 0 Å². The molecule has 0 saturated heterocycles. The minimum atomic E-state index is 0.663. The topological polar surface area (TPSA) is 48.3 Å². The number of aromatic nitrogens is 4. The highest BCUT2D eigenvalue weighted by atomic mass is 16.3. The summed E-state index contributed by atoms with van der Waals surface area (Å²) in [6.07, 6.45) is 0. The quantitative estimate of drug-likeness (QED) is 0.184. The van der Waals surface area contributed by atoms with Crippen LogP contribution in [0.5, 0.6) is 0 Å². The maximum absolute atomic E-state index is 6.38. The average Bonchev–Trinajstić information content (AvgIpc) is 3.98. The van der Waals surface area contributed by atoms with E-state index in [0.717, 1.165) is 39.0 Å². The number of furan rings is 1. The second-order valence-electron chi connectivity index (χ2n) is 14.6. The van der Waals surface area contributed by atoms with Crippen LogP contribution in [0.25, 0.3) is 121 Å². The largest absolute Gasteiger partial charge is 0.452 e. The lowest BCUT2D eigenvalue weighted by Crippen LogP contribution is -1.96. The molecule has 0 aliphatic heterocycles. The molecule has 0 spiro atoms. The molecular weight excluding hydrogens is 673 g/mol. The predicted molar refractivity (Wildman–Crippen MR) is 227 cm³/mol. The molecule has 5 heteroatoms. The molecule has 13 aromatic rings. The Labute approximate surface area is 313 Å². The van der Waals surface area contributed by atoms with Crippen LogP contribution in [-0.4, -0.2) is 18.9 Å². The Morgan fingerprint density at radius 3 is 1.91 bits per heavy atom.